The van der Waals surface area contributed by atoms with Crippen molar-refractivity contribution in [1.29, 1.82) is 0 Å². The average molecular weight is 328 g/mol. The summed E-state index contributed by atoms with van der Waals surface area (Å²) < 4.78 is 39.3. The summed E-state index contributed by atoms with van der Waals surface area (Å²) in [5, 5.41) is 0. The van der Waals surface area contributed by atoms with Crippen LogP contribution in [-0.2, 0) is 11.2 Å². The first-order chi connectivity index (χ1) is 10.7. The van der Waals surface area contributed by atoms with Crippen LogP contribution in [0.5, 0.6) is 0 Å². The van der Waals surface area contributed by atoms with E-state index in [-0.39, 0.29) is 25.4 Å². The zero-order valence-corrected chi connectivity index (χ0v) is 13.5. The van der Waals surface area contributed by atoms with Gasteiger partial charge in [-0.1, -0.05) is 23.8 Å². The van der Waals surface area contributed by atoms with Gasteiger partial charge in [0.25, 0.3) is 0 Å². The molecule has 1 amide bonds. The van der Waals surface area contributed by atoms with E-state index >= 15 is 0 Å². The number of hydrogen-bond donors (Lipinski definition) is 1. The van der Waals surface area contributed by atoms with E-state index in [4.69, 9.17) is 5.73 Å². The van der Waals surface area contributed by atoms with Gasteiger partial charge in [0.15, 0.2) is 0 Å². The molecule has 2 atom stereocenters. The van der Waals surface area contributed by atoms with Crippen LogP contribution in [0.2, 0.25) is 0 Å². The fraction of sp³-hybridized carbons (Fsp3) is 0.588. The molecule has 0 aromatic heterocycles. The maximum atomic E-state index is 13.1. The number of carbonyl (C=O) groups is 1. The Bertz CT molecular complexity index is 571. The van der Waals surface area contributed by atoms with Crippen molar-refractivity contribution in [3.63, 3.8) is 0 Å². The number of rotatable bonds is 3. The van der Waals surface area contributed by atoms with Crippen LogP contribution in [0.3, 0.4) is 0 Å². The van der Waals surface area contributed by atoms with Gasteiger partial charge in [0.2, 0.25) is 5.91 Å². The molecule has 0 unspecified atom stereocenters. The van der Waals surface area contributed by atoms with E-state index in [0.29, 0.717) is 12.8 Å². The minimum Gasteiger partial charge on any atom is -0.329 e. The number of aryl methyl sites for hydroxylation is 3. The lowest BCUT2D eigenvalue weighted by Gasteiger charge is -2.39. The van der Waals surface area contributed by atoms with Crippen LogP contribution >= 0.6 is 0 Å². The van der Waals surface area contributed by atoms with Gasteiger partial charge in [-0.25, -0.2) is 0 Å². The summed E-state index contributed by atoms with van der Waals surface area (Å²) in [4.78, 5) is 13.3. The number of benzene rings is 1. The van der Waals surface area contributed by atoms with E-state index in [0.717, 1.165) is 21.6 Å². The third-order valence-electron chi connectivity index (χ3n) is 4.42. The molecule has 0 aliphatic carbocycles. The molecule has 0 bridgehead atoms. The Morgan fingerprint density at radius 3 is 2.61 bits per heavy atom. The summed E-state index contributed by atoms with van der Waals surface area (Å²) in [6.45, 7) is 3.91. The van der Waals surface area contributed by atoms with Gasteiger partial charge in [0, 0.05) is 19.0 Å². The van der Waals surface area contributed by atoms with Gasteiger partial charge < -0.3 is 10.6 Å². The third-order valence-corrected chi connectivity index (χ3v) is 4.42. The second-order valence-corrected chi connectivity index (χ2v) is 6.37. The highest BCUT2D eigenvalue weighted by molar-refractivity contribution is 5.77. The highest BCUT2D eigenvalue weighted by Crippen LogP contribution is 2.32. The molecule has 1 heterocycles. The number of amides is 1. The summed E-state index contributed by atoms with van der Waals surface area (Å²) in [7, 11) is 0. The predicted molar refractivity (Wildman–Crippen MR) is 83.0 cm³/mol. The Morgan fingerprint density at radius 1 is 1.30 bits per heavy atom. The van der Waals surface area contributed by atoms with Crippen LogP contribution in [0.4, 0.5) is 13.2 Å². The van der Waals surface area contributed by atoms with Gasteiger partial charge in [-0.2, -0.15) is 13.2 Å². The SMILES string of the molecule is Cc1ccc(CCC(=O)N2C[C@@H](N)CC[C@H]2C(F)(F)F)c(C)c1. The Kier molecular flexibility index (Phi) is 5.34. The van der Waals surface area contributed by atoms with E-state index in [1.165, 1.54) is 0 Å². The third kappa shape index (κ3) is 4.47. The van der Waals surface area contributed by atoms with E-state index in [1.54, 1.807) is 0 Å². The fourth-order valence-corrected chi connectivity index (χ4v) is 3.13. The molecule has 2 rings (SSSR count). The van der Waals surface area contributed by atoms with E-state index < -0.39 is 18.1 Å². The standard InChI is InChI=1S/C17H23F3N2O/c1-11-3-4-13(12(2)9-11)5-8-16(23)22-10-14(21)6-7-15(22)17(18,19)20/h3-4,9,14-15H,5-8,10,21H2,1-2H3/t14-,15-/m0/s1. The summed E-state index contributed by atoms with van der Waals surface area (Å²) in [5.41, 5.74) is 8.93. The molecule has 0 radical (unpaired) electrons. The Morgan fingerprint density at radius 2 is 2.00 bits per heavy atom. The van der Waals surface area contributed by atoms with E-state index in [1.807, 2.05) is 32.0 Å². The molecular formula is C17H23F3N2O. The monoisotopic (exact) mass is 328 g/mol. The van der Waals surface area contributed by atoms with Crippen LogP contribution in [0.25, 0.3) is 0 Å². The molecule has 23 heavy (non-hydrogen) atoms. The van der Waals surface area contributed by atoms with Crippen LogP contribution in [-0.4, -0.2) is 35.6 Å². The molecule has 1 aromatic rings. The van der Waals surface area contributed by atoms with Crippen LogP contribution < -0.4 is 5.73 Å². The smallest absolute Gasteiger partial charge is 0.329 e. The molecule has 3 nitrogen and oxygen atoms in total. The molecule has 1 saturated heterocycles. The number of carbonyl (C=O) groups excluding carboxylic acids is 1. The minimum absolute atomic E-state index is 0.0180. The van der Waals surface area contributed by atoms with Gasteiger partial charge in [0.1, 0.15) is 6.04 Å². The van der Waals surface area contributed by atoms with Crippen molar-refractivity contribution in [1.82, 2.24) is 4.90 Å². The molecule has 1 aliphatic heterocycles. The molecule has 128 valence electrons. The first kappa shape index (κ1) is 17.8. The van der Waals surface area contributed by atoms with Crippen molar-refractivity contribution in [2.45, 2.75) is 57.8 Å². The largest absolute Gasteiger partial charge is 0.408 e. The number of alkyl halides is 3. The normalized spacial score (nSPS) is 22.3. The van der Waals surface area contributed by atoms with Crippen molar-refractivity contribution in [3.8, 4) is 0 Å². The Labute approximate surface area is 134 Å². The zero-order chi connectivity index (χ0) is 17.2. The van der Waals surface area contributed by atoms with Gasteiger partial charge in [0.05, 0.1) is 0 Å². The number of nitrogens with zero attached hydrogens (tertiary/aromatic N) is 1. The molecule has 2 N–H and O–H groups in total. The van der Waals surface area contributed by atoms with Gasteiger partial charge in [-0.3, -0.25) is 4.79 Å². The second kappa shape index (κ2) is 6.91. The van der Waals surface area contributed by atoms with Gasteiger partial charge in [-0.05, 0) is 44.2 Å². The van der Waals surface area contributed by atoms with Crippen LogP contribution in [0, 0.1) is 13.8 Å². The van der Waals surface area contributed by atoms with Crippen molar-refractivity contribution in [2.24, 2.45) is 5.73 Å². The number of halogens is 3. The average Bonchev–Trinajstić information content (AvgIpc) is 2.44. The topological polar surface area (TPSA) is 46.3 Å². The predicted octanol–water partition coefficient (Wildman–Crippen LogP) is 3.12. The molecular weight excluding hydrogens is 305 g/mol. The maximum absolute atomic E-state index is 13.1. The fourth-order valence-electron chi connectivity index (χ4n) is 3.13. The lowest BCUT2D eigenvalue weighted by molar-refractivity contribution is -0.196. The van der Waals surface area contributed by atoms with Crippen molar-refractivity contribution in [3.05, 3.63) is 34.9 Å². The molecule has 0 spiro atoms. The zero-order valence-electron chi connectivity index (χ0n) is 13.5. The lowest BCUT2D eigenvalue weighted by atomic mass is 9.96. The Balaban J connectivity index is 2.05. The highest BCUT2D eigenvalue weighted by atomic mass is 19.4. The second-order valence-electron chi connectivity index (χ2n) is 6.37. The van der Waals surface area contributed by atoms with Gasteiger partial charge >= 0.3 is 6.18 Å². The number of piperidine rings is 1. The molecule has 6 heteroatoms. The molecule has 1 aliphatic rings. The molecule has 1 aromatic carbocycles. The van der Waals surface area contributed by atoms with Gasteiger partial charge in [-0.15, -0.1) is 0 Å². The Hall–Kier alpha value is -1.56. The summed E-state index contributed by atoms with van der Waals surface area (Å²) in [6.07, 6.45) is -3.69. The first-order valence-corrected chi connectivity index (χ1v) is 7.86. The molecule has 0 saturated carbocycles. The van der Waals surface area contributed by atoms with Crippen LogP contribution in [0.15, 0.2) is 18.2 Å². The quantitative estimate of drug-likeness (QED) is 0.927. The maximum Gasteiger partial charge on any atom is 0.408 e. The minimum atomic E-state index is -4.39. The van der Waals surface area contributed by atoms with E-state index in [9.17, 15) is 18.0 Å². The van der Waals surface area contributed by atoms with Crippen molar-refractivity contribution >= 4 is 5.91 Å². The number of likely N-dealkylation sites (tertiary alicyclic amines) is 1. The summed E-state index contributed by atoms with van der Waals surface area (Å²) in [5.74, 6) is -0.470. The van der Waals surface area contributed by atoms with Crippen LogP contribution in [0.1, 0.15) is 36.0 Å². The van der Waals surface area contributed by atoms with Crippen molar-refractivity contribution < 1.29 is 18.0 Å². The highest BCUT2D eigenvalue weighted by Gasteiger charge is 2.47. The van der Waals surface area contributed by atoms with E-state index in [2.05, 4.69) is 0 Å². The molecule has 1 fully saturated rings. The number of nitrogens with two attached hydrogens (primary N) is 1. The number of hydrogen-bond acceptors (Lipinski definition) is 2. The summed E-state index contributed by atoms with van der Waals surface area (Å²) in [6, 6.07) is 3.81. The summed E-state index contributed by atoms with van der Waals surface area (Å²) >= 11 is 0. The first-order valence-electron chi connectivity index (χ1n) is 7.86. The van der Waals surface area contributed by atoms with Crippen molar-refractivity contribution in [2.75, 3.05) is 6.54 Å². The lowest BCUT2D eigenvalue weighted by Crippen LogP contribution is -2.56.